The van der Waals surface area contributed by atoms with Crippen molar-refractivity contribution in [2.75, 3.05) is 39.3 Å². The smallest absolute Gasteiger partial charge is 0.0706 e. The standard InChI is InChI=1S/C14H29N3O/c1-12-4-5-13(18-12)10-16-6-8-17(9-7-16)14(2,3)11-15/h12-13H,4-11,15H2,1-3H3. The molecule has 2 rings (SSSR count). The van der Waals surface area contributed by atoms with E-state index in [1.54, 1.807) is 0 Å². The summed E-state index contributed by atoms with van der Waals surface area (Å²) in [6.45, 7) is 13.1. The van der Waals surface area contributed by atoms with E-state index in [4.69, 9.17) is 10.5 Å². The molecule has 0 saturated carbocycles. The van der Waals surface area contributed by atoms with Crippen LogP contribution < -0.4 is 5.73 Å². The molecule has 4 nitrogen and oxygen atoms in total. The van der Waals surface area contributed by atoms with Crippen LogP contribution in [-0.4, -0.2) is 66.8 Å². The van der Waals surface area contributed by atoms with E-state index in [1.807, 2.05) is 0 Å². The topological polar surface area (TPSA) is 41.7 Å². The lowest BCUT2D eigenvalue weighted by molar-refractivity contribution is 0.00510. The molecule has 2 aliphatic heterocycles. The van der Waals surface area contributed by atoms with E-state index in [9.17, 15) is 0 Å². The number of rotatable bonds is 4. The van der Waals surface area contributed by atoms with Crippen LogP contribution in [0.1, 0.15) is 33.6 Å². The van der Waals surface area contributed by atoms with Gasteiger partial charge < -0.3 is 10.5 Å². The number of hydrogen-bond donors (Lipinski definition) is 1. The lowest BCUT2D eigenvalue weighted by Crippen LogP contribution is -2.58. The Morgan fingerprint density at radius 3 is 2.33 bits per heavy atom. The van der Waals surface area contributed by atoms with Crippen molar-refractivity contribution in [1.29, 1.82) is 0 Å². The number of nitrogens with two attached hydrogens (primary N) is 1. The first-order valence-electron chi connectivity index (χ1n) is 7.34. The molecule has 0 aliphatic carbocycles. The first kappa shape index (κ1) is 14.3. The number of piperazine rings is 1. The van der Waals surface area contributed by atoms with Gasteiger partial charge in [-0.05, 0) is 33.6 Å². The van der Waals surface area contributed by atoms with E-state index in [1.165, 1.54) is 12.8 Å². The normalized spacial score (nSPS) is 32.0. The van der Waals surface area contributed by atoms with Gasteiger partial charge in [0.25, 0.3) is 0 Å². The van der Waals surface area contributed by atoms with E-state index in [0.717, 1.165) is 39.3 Å². The predicted molar refractivity (Wildman–Crippen MR) is 74.7 cm³/mol. The van der Waals surface area contributed by atoms with Crippen LogP contribution in [0.5, 0.6) is 0 Å². The molecule has 2 aliphatic rings. The maximum absolute atomic E-state index is 5.90. The third-order valence-corrected chi connectivity index (χ3v) is 4.51. The second-order valence-corrected chi connectivity index (χ2v) is 6.45. The molecule has 2 saturated heterocycles. The van der Waals surface area contributed by atoms with Crippen LogP contribution >= 0.6 is 0 Å². The second kappa shape index (κ2) is 5.87. The molecule has 0 aromatic carbocycles. The van der Waals surface area contributed by atoms with Gasteiger partial charge in [0.1, 0.15) is 0 Å². The molecule has 0 amide bonds. The van der Waals surface area contributed by atoms with Crippen molar-refractivity contribution in [2.45, 2.75) is 51.4 Å². The Morgan fingerprint density at radius 1 is 1.17 bits per heavy atom. The molecule has 0 aromatic rings. The van der Waals surface area contributed by atoms with Crippen LogP contribution in [0.4, 0.5) is 0 Å². The summed E-state index contributed by atoms with van der Waals surface area (Å²) in [6, 6.07) is 0. The lowest BCUT2D eigenvalue weighted by Gasteiger charge is -2.44. The fourth-order valence-electron chi connectivity index (χ4n) is 2.97. The van der Waals surface area contributed by atoms with Crippen LogP contribution in [0.2, 0.25) is 0 Å². The van der Waals surface area contributed by atoms with Gasteiger partial charge in [0.15, 0.2) is 0 Å². The zero-order valence-corrected chi connectivity index (χ0v) is 12.2. The Kier molecular flexibility index (Phi) is 4.64. The summed E-state index contributed by atoms with van der Waals surface area (Å²) in [5.41, 5.74) is 5.99. The monoisotopic (exact) mass is 255 g/mol. The molecule has 18 heavy (non-hydrogen) atoms. The molecular weight excluding hydrogens is 226 g/mol. The summed E-state index contributed by atoms with van der Waals surface area (Å²) < 4.78 is 5.90. The van der Waals surface area contributed by atoms with Crippen LogP contribution in [0.3, 0.4) is 0 Å². The summed E-state index contributed by atoms with van der Waals surface area (Å²) in [6.07, 6.45) is 3.39. The highest BCUT2D eigenvalue weighted by Gasteiger charge is 2.30. The molecule has 2 fully saturated rings. The maximum Gasteiger partial charge on any atom is 0.0706 e. The summed E-state index contributed by atoms with van der Waals surface area (Å²) >= 11 is 0. The predicted octanol–water partition coefficient (Wildman–Crippen LogP) is 0.909. The Labute approximate surface area is 111 Å². The minimum atomic E-state index is 0.143. The van der Waals surface area contributed by atoms with E-state index in [2.05, 4.69) is 30.6 Å². The third-order valence-electron chi connectivity index (χ3n) is 4.51. The van der Waals surface area contributed by atoms with Crippen molar-refractivity contribution < 1.29 is 4.74 Å². The zero-order chi connectivity index (χ0) is 13.2. The number of ether oxygens (including phenoxy) is 1. The molecule has 2 atom stereocenters. The van der Waals surface area contributed by atoms with Gasteiger partial charge >= 0.3 is 0 Å². The van der Waals surface area contributed by atoms with Gasteiger partial charge in [-0.15, -0.1) is 0 Å². The largest absolute Gasteiger partial charge is 0.374 e. The van der Waals surface area contributed by atoms with Crippen molar-refractivity contribution in [3.63, 3.8) is 0 Å². The summed E-state index contributed by atoms with van der Waals surface area (Å²) in [4.78, 5) is 5.06. The molecule has 0 aromatic heterocycles. The molecule has 0 spiro atoms. The number of hydrogen-bond acceptors (Lipinski definition) is 4. The summed E-state index contributed by atoms with van der Waals surface area (Å²) in [7, 11) is 0. The maximum atomic E-state index is 5.90. The Balaban J connectivity index is 1.73. The van der Waals surface area contributed by atoms with Gasteiger partial charge in [-0.3, -0.25) is 9.80 Å². The molecule has 2 unspecified atom stereocenters. The fraction of sp³-hybridized carbons (Fsp3) is 1.00. The van der Waals surface area contributed by atoms with Gasteiger partial charge in [0.2, 0.25) is 0 Å². The average Bonchev–Trinajstić information content (AvgIpc) is 2.75. The molecule has 106 valence electrons. The van der Waals surface area contributed by atoms with Crippen molar-refractivity contribution in [1.82, 2.24) is 9.80 Å². The lowest BCUT2D eigenvalue weighted by atomic mass is 10.0. The van der Waals surface area contributed by atoms with Crippen LogP contribution in [0.15, 0.2) is 0 Å². The van der Waals surface area contributed by atoms with E-state index < -0.39 is 0 Å². The van der Waals surface area contributed by atoms with E-state index >= 15 is 0 Å². The van der Waals surface area contributed by atoms with Crippen molar-refractivity contribution in [3.8, 4) is 0 Å². The average molecular weight is 255 g/mol. The zero-order valence-electron chi connectivity index (χ0n) is 12.2. The fourth-order valence-corrected chi connectivity index (χ4v) is 2.97. The van der Waals surface area contributed by atoms with Crippen LogP contribution in [-0.2, 0) is 4.74 Å². The van der Waals surface area contributed by atoms with E-state index in [-0.39, 0.29) is 5.54 Å². The van der Waals surface area contributed by atoms with Gasteiger partial charge in [-0.1, -0.05) is 0 Å². The number of nitrogens with zero attached hydrogens (tertiary/aromatic N) is 2. The highest BCUT2D eigenvalue weighted by molar-refractivity contribution is 4.87. The van der Waals surface area contributed by atoms with Gasteiger partial charge in [-0.25, -0.2) is 0 Å². The molecule has 4 heteroatoms. The minimum absolute atomic E-state index is 0.143. The SMILES string of the molecule is CC1CCC(CN2CCN(C(C)(C)CN)CC2)O1. The molecule has 2 heterocycles. The first-order chi connectivity index (χ1) is 8.51. The summed E-state index contributed by atoms with van der Waals surface area (Å²) in [5, 5.41) is 0. The Hall–Kier alpha value is -0.160. The first-order valence-corrected chi connectivity index (χ1v) is 7.34. The Morgan fingerprint density at radius 2 is 1.83 bits per heavy atom. The van der Waals surface area contributed by atoms with Gasteiger partial charge in [0, 0.05) is 44.8 Å². The minimum Gasteiger partial charge on any atom is -0.374 e. The highest BCUT2D eigenvalue weighted by atomic mass is 16.5. The second-order valence-electron chi connectivity index (χ2n) is 6.45. The summed E-state index contributed by atoms with van der Waals surface area (Å²) in [5.74, 6) is 0. The highest BCUT2D eigenvalue weighted by Crippen LogP contribution is 2.21. The molecule has 0 radical (unpaired) electrons. The van der Waals surface area contributed by atoms with Crippen LogP contribution in [0, 0.1) is 0 Å². The van der Waals surface area contributed by atoms with Crippen LogP contribution in [0.25, 0.3) is 0 Å². The van der Waals surface area contributed by atoms with Gasteiger partial charge in [0.05, 0.1) is 12.2 Å². The quantitative estimate of drug-likeness (QED) is 0.811. The van der Waals surface area contributed by atoms with Crippen molar-refractivity contribution in [2.24, 2.45) is 5.73 Å². The third kappa shape index (κ3) is 3.44. The van der Waals surface area contributed by atoms with E-state index in [0.29, 0.717) is 12.2 Å². The molecular formula is C14H29N3O. The Bertz CT molecular complexity index is 262. The molecule has 0 bridgehead atoms. The van der Waals surface area contributed by atoms with Crippen molar-refractivity contribution >= 4 is 0 Å². The van der Waals surface area contributed by atoms with Gasteiger partial charge in [-0.2, -0.15) is 0 Å². The van der Waals surface area contributed by atoms with Crippen molar-refractivity contribution in [3.05, 3.63) is 0 Å². The molecule has 2 N–H and O–H groups in total.